The van der Waals surface area contributed by atoms with E-state index in [4.69, 9.17) is 11.6 Å². The van der Waals surface area contributed by atoms with E-state index in [1.807, 2.05) is 6.92 Å². The number of anilines is 5. The molecule has 0 saturated heterocycles. The Hall–Kier alpha value is -3.98. The van der Waals surface area contributed by atoms with Crippen molar-refractivity contribution in [2.75, 3.05) is 27.8 Å². The summed E-state index contributed by atoms with van der Waals surface area (Å²) in [5.74, 6) is -0.514. The van der Waals surface area contributed by atoms with Crippen LogP contribution < -0.4 is 21.3 Å². The van der Waals surface area contributed by atoms with Crippen LogP contribution in [0.2, 0.25) is 5.02 Å². The number of nitrogens with zero attached hydrogens (tertiary/aromatic N) is 2. The van der Waals surface area contributed by atoms with Crippen molar-refractivity contribution in [2.24, 2.45) is 0 Å². The predicted molar refractivity (Wildman–Crippen MR) is 127 cm³/mol. The molecular formula is C23H19ClF2N6O. The van der Waals surface area contributed by atoms with E-state index in [2.05, 4.69) is 31.2 Å². The predicted octanol–water partition coefficient (Wildman–Crippen LogP) is 6.38. The third kappa shape index (κ3) is 5.45. The molecule has 0 spiro atoms. The van der Waals surface area contributed by atoms with Crippen molar-refractivity contribution >= 4 is 57.2 Å². The van der Waals surface area contributed by atoms with Gasteiger partial charge in [-0.15, -0.1) is 0 Å². The second kappa shape index (κ2) is 9.66. The molecule has 0 unspecified atom stereocenters. The number of halogens is 3. The van der Waals surface area contributed by atoms with E-state index in [1.54, 1.807) is 24.4 Å². The van der Waals surface area contributed by atoms with E-state index in [0.29, 0.717) is 34.8 Å². The highest BCUT2D eigenvalue weighted by molar-refractivity contribution is 6.30. The molecule has 7 nitrogen and oxygen atoms in total. The average molecular weight is 469 g/mol. The van der Waals surface area contributed by atoms with Crippen LogP contribution in [0.1, 0.15) is 6.92 Å². The monoisotopic (exact) mass is 468 g/mol. The molecule has 4 aromatic rings. The summed E-state index contributed by atoms with van der Waals surface area (Å²) in [7, 11) is 0. The van der Waals surface area contributed by atoms with E-state index in [1.165, 1.54) is 30.3 Å². The van der Waals surface area contributed by atoms with Gasteiger partial charge in [-0.2, -0.15) is 0 Å². The Balaban J connectivity index is 1.49. The number of fused-ring (bicyclic) bond motifs is 1. The lowest BCUT2D eigenvalue weighted by Crippen LogP contribution is -2.19. The summed E-state index contributed by atoms with van der Waals surface area (Å²) < 4.78 is 28.0. The molecule has 4 rings (SSSR count). The minimum absolute atomic E-state index is 0.0484. The van der Waals surface area contributed by atoms with Crippen molar-refractivity contribution in [1.82, 2.24) is 9.97 Å². The molecule has 0 radical (unpaired) electrons. The topological polar surface area (TPSA) is 91.0 Å². The fourth-order valence-corrected chi connectivity index (χ4v) is 3.19. The molecule has 0 aliphatic heterocycles. The van der Waals surface area contributed by atoms with E-state index in [0.717, 1.165) is 6.07 Å². The largest absolute Gasteiger partial charge is 0.369 e. The second-order valence-corrected chi connectivity index (χ2v) is 7.42. The maximum atomic E-state index is 14.4. The lowest BCUT2D eigenvalue weighted by atomic mass is 10.2. The van der Waals surface area contributed by atoms with Crippen LogP contribution in [0.3, 0.4) is 0 Å². The van der Waals surface area contributed by atoms with Gasteiger partial charge in [0.15, 0.2) is 0 Å². The van der Waals surface area contributed by atoms with Crippen LogP contribution in [0.4, 0.5) is 42.1 Å². The van der Waals surface area contributed by atoms with Gasteiger partial charge in [-0.3, -0.25) is 4.98 Å². The summed E-state index contributed by atoms with van der Waals surface area (Å²) in [5.41, 5.74) is 2.66. The van der Waals surface area contributed by atoms with Crippen LogP contribution in [0.5, 0.6) is 0 Å². The van der Waals surface area contributed by atoms with Gasteiger partial charge >= 0.3 is 6.03 Å². The molecule has 4 N–H and O–H groups in total. The summed E-state index contributed by atoms with van der Waals surface area (Å²) in [6, 6.07) is 12.7. The lowest BCUT2D eigenvalue weighted by molar-refractivity contribution is 0.262. The molecule has 10 heteroatoms. The van der Waals surface area contributed by atoms with Crippen molar-refractivity contribution in [2.45, 2.75) is 6.92 Å². The van der Waals surface area contributed by atoms with E-state index in [9.17, 15) is 13.6 Å². The number of benzene rings is 3. The van der Waals surface area contributed by atoms with Gasteiger partial charge in [0.1, 0.15) is 17.5 Å². The summed E-state index contributed by atoms with van der Waals surface area (Å²) in [6.07, 6.45) is 1.65. The van der Waals surface area contributed by atoms with Crippen molar-refractivity contribution in [3.8, 4) is 0 Å². The SMILES string of the molecule is CCNc1cnc2ccc(Nc3cc(NC(=O)Nc4ccc(Cl)c(F)c4)ccc3F)cc2n1. The number of hydrogen-bond donors (Lipinski definition) is 4. The number of carbonyl (C=O) groups excluding carboxylic acids is 1. The van der Waals surface area contributed by atoms with Crippen molar-refractivity contribution < 1.29 is 13.6 Å². The Bertz CT molecular complexity index is 1330. The summed E-state index contributed by atoms with van der Waals surface area (Å²) in [4.78, 5) is 21.1. The molecule has 3 aromatic carbocycles. The lowest BCUT2D eigenvalue weighted by Gasteiger charge is -2.12. The molecule has 0 saturated carbocycles. The number of carbonyl (C=O) groups is 1. The molecule has 0 atom stereocenters. The first kappa shape index (κ1) is 22.2. The smallest absolute Gasteiger partial charge is 0.323 e. The minimum atomic E-state index is -0.652. The Morgan fingerprint density at radius 3 is 2.39 bits per heavy atom. The number of amides is 2. The zero-order valence-electron chi connectivity index (χ0n) is 17.4. The fourth-order valence-electron chi connectivity index (χ4n) is 3.08. The standard InChI is InChI=1S/C23H19ClF2N6O/c1-2-27-22-12-28-19-8-5-14(11-21(19)32-22)29-20-10-15(4-7-17(20)25)31-23(33)30-13-3-6-16(24)18(26)9-13/h3-12,29H,2H2,1H3,(H,27,32)(H2,30,31,33). The first-order valence-electron chi connectivity index (χ1n) is 10.0. The Kier molecular flexibility index (Phi) is 6.50. The van der Waals surface area contributed by atoms with Gasteiger partial charge in [0.05, 0.1) is 27.9 Å². The Morgan fingerprint density at radius 2 is 1.64 bits per heavy atom. The first-order chi connectivity index (χ1) is 15.9. The van der Waals surface area contributed by atoms with Crippen molar-refractivity contribution in [3.05, 3.63) is 77.5 Å². The van der Waals surface area contributed by atoms with E-state index >= 15 is 0 Å². The average Bonchev–Trinajstić information content (AvgIpc) is 2.78. The zero-order chi connectivity index (χ0) is 23.4. The number of urea groups is 1. The van der Waals surface area contributed by atoms with Crippen LogP contribution in [0, 0.1) is 11.6 Å². The van der Waals surface area contributed by atoms with E-state index < -0.39 is 17.7 Å². The summed E-state index contributed by atoms with van der Waals surface area (Å²) >= 11 is 5.64. The highest BCUT2D eigenvalue weighted by atomic mass is 35.5. The maximum absolute atomic E-state index is 14.4. The third-order valence-corrected chi connectivity index (χ3v) is 4.89. The molecule has 168 valence electrons. The van der Waals surface area contributed by atoms with Crippen molar-refractivity contribution in [1.29, 1.82) is 0 Å². The van der Waals surface area contributed by atoms with Crippen LogP contribution in [0.25, 0.3) is 11.0 Å². The molecule has 0 fully saturated rings. The van der Waals surface area contributed by atoms with Gasteiger partial charge < -0.3 is 21.3 Å². The van der Waals surface area contributed by atoms with Gasteiger partial charge in [0, 0.05) is 23.6 Å². The quantitative estimate of drug-likeness (QED) is 0.263. The van der Waals surface area contributed by atoms with Crippen LogP contribution in [-0.4, -0.2) is 22.5 Å². The molecule has 0 aliphatic carbocycles. The fraction of sp³-hybridized carbons (Fsp3) is 0.0870. The molecule has 1 aromatic heterocycles. The molecule has 0 bridgehead atoms. The highest BCUT2D eigenvalue weighted by Crippen LogP contribution is 2.26. The van der Waals surface area contributed by atoms with Crippen LogP contribution >= 0.6 is 11.6 Å². The van der Waals surface area contributed by atoms with Crippen LogP contribution in [0.15, 0.2) is 60.8 Å². The van der Waals surface area contributed by atoms with Gasteiger partial charge in [-0.1, -0.05) is 11.6 Å². The summed E-state index contributed by atoms with van der Waals surface area (Å²) in [5, 5.41) is 11.1. The minimum Gasteiger partial charge on any atom is -0.369 e. The van der Waals surface area contributed by atoms with Gasteiger partial charge in [-0.25, -0.2) is 18.6 Å². The van der Waals surface area contributed by atoms with Gasteiger partial charge in [-0.05, 0) is 61.5 Å². The second-order valence-electron chi connectivity index (χ2n) is 7.02. The molecular weight excluding hydrogens is 450 g/mol. The first-order valence-corrected chi connectivity index (χ1v) is 10.4. The Morgan fingerprint density at radius 1 is 0.909 bits per heavy atom. The summed E-state index contributed by atoms with van der Waals surface area (Å²) in [6.45, 7) is 2.67. The van der Waals surface area contributed by atoms with Gasteiger partial charge in [0.2, 0.25) is 0 Å². The van der Waals surface area contributed by atoms with Crippen molar-refractivity contribution in [3.63, 3.8) is 0 Å². The molecule has 33 heavy (non-hydrogen) atoms. The van der Waals surface area contributed by atoms with Crippen LogP contribution in [-0.2, 0) is 0 Å². The Labute approximate surface area is 193 Å². The normalized spacial score (nSPS) is 10.7. The number of hydrogen-bond acceptors (Lipinski definition) is 5. The van der Waals surface area contributed by atoms with E-state index in [-0.39, 0.29) is 16.4 Å². The van der Waals surface area contributed by atoms with Gasteiger partial charge in [0.25, 0.3) is 0 Å². The zero-order valence-corrected chi connectivity index (χ0v) is 18.2. The highest BCUT2D eigenvalue weighted by Gasteiger charge is 2.10. The number of rotatable bonds is 6. The third-order valence-electron chi connectivity index (χ3n) is 4.58. The molecule has 0 aliphatic rings. The maximum Gasteiger partial charge on any atom is 0.323 e. The molecule has 2 amide bonds. The number of nitrogens with one attached hydrogen (secondary N) is 4. The molecule has 1 heterocycles. The number of aromatic nitrogens is 2.